The van der Waals surface area contributed by atoms with Gasteiger partial charge >= 0.3 is 5.69 Å². The molecule has 2 aromatic carbocycles. The highest BCUT2D eigenvalue weighted by atomic mass is 19.1. The van der Waals surface area contributed by atoms with Crippen molar-refractivity contribution in [2.75, 3.05) is 18.1 Å². The number of anilines is 1. The molecule has 0 spiro atoms. The predicted octanol–water partition coefficient (Wildman–Crippen LogP) is 3.62. The minimum atomic E-state index is -0.983. The van der Waals surface area contributed by atoms with E-state index in [1.807, 2.05) is 4.90 Å². The Balaban J connectivity index is 1.34. The van der Waals surface area contributed by atoms with Crippen LogP contribution in [0, 0.1) is 23.4 Å². The normalized spacial score (nSPS) is 20.9. The molecule has 1 N–H and O–H groups in total. The zero-order chi connectivity index (χ0) is 24.0. The molecule has 0 aliphatic carbocycles. The van der Waals surface area contributed by atoms with Crippen molar-refractivity contribution >= 4 is 5.82 Å². The second-order valence-electron chi connectivity index (χ2n) is 8.86. The van der Waals surface area contributed by atoms with Crippen LogP contribution >= 0.6 is 0 Å². The van der Waals surface area contributed by atoms with Gasteiger partial charge in [0.15, 0.2) is 17.4 Å². The number of halogens is 3. The quantitative estimate of drug-likeness (QED) is 0.590. The molecule has 3 heterocycles. The molecule has 5 rings (SSSR count). The van der Waals surface area contributed by atoms with Crippen molar-refractivity contribution < 1.29 is 27.8 Å². The minimum absolute atomic E-state index is 0.0189. The molecule has 3 aromatic rings. The number of rotatable bonds is 6. The topological polar surface area (TPSA) is 76.8 Å². The monoisotopic (exact) mass is 473 g/mol. The van der Waals surface area contributed by atoms with Crippen molar-refractivity contribution in [2.24, 2.45) is 5.92 Å². The fraction of sp³-hybridized carbons (Fsp3) is 0.333. The van der Waals surface area contributed by atoms with Gasteiger partial charge in [-0.25, -0.2) is 18.0 Å². The lowest BCUT2D eigenvalue weighted by Gasteiger charge is -2.30. The van der Waals surface area contributed by atoms with Crippen LogP contribution in [0.5, 0.6) is 17.4 Å². The number of benzene rings is 2. The summed E-state index contributed by atoms with van der Waals surface area (Å²) in [5.74, 6) is -2.29. The molecule has 2 aliphatic rings. The average Bonchev–Trinajstić information content (AvgIpc) is 3.27. The lowest BCUT2D eigenvalue weighted by molar-refractivity contribution is 0.189. The van der Waals surface area contributed by atoms with Crippen LogP contribution in [0.2, 0.25) is 0 Å². The zero-order valence-corrected chi connectivity index (χ0v) is 18.3. The fourth-order valence-corrected chi connectivity index (χ4v) is 4.83. The Morgan fingerprint density at radius 3 is 2.65 bits per heavy atom. The highest BCUT2D eigenvalue weighted by Crippen LogP contribution is 2.43. The molecular formula is C24H22F3N3O4. The van der Waals surface area contributed by atoms with Gasteiger partial charge in [-0.3, -0.25) is 4.57 Å². The minimum Gasteiger partial charge on any atom is -0.473 e. The van der Waals surface area contributed by atoms with E-state index in [-0.39, 0.29) is 30.4 Å². The maximum absolute atomic E-state index is 14.5. The molecule has 1 fully saturated rings. The second kappa shape index (κ2) is 8.35. The molecule has 2 aliphatic heterocycles. The van der Waals surface area contributed by atoms with Gasteiger partial charge in [0.05, 0.1) is 18.7 Å². The molecule has 34 heavy (non-hydrogen) atoms. The van der Waals surface area contributed by atoms with E-state index in [0.29, 0.717) is 24.8 Å². The standard InChI is InChI=1S/C24H22F3N3O4/c1-14-9-24(13-31)12-29-21(30(24)10-14)8-20(28-23(29)32)33-11-15-5-18(26)22(19(27)6-15)34-17-4-2-3-16(25)7-17/h2-8,14,31H,9-13H2,1H3/t14-,24-/m1/s1. The summed E-state index contributed by atoms with van der Waals surface area (Å²) in [5, 5.41) is 10.0. The molecular weight excluding hydrogens is 451 g/mol. The maximum atomic E-state index is 14.5. The van der Waals surface area contributed by atoms with Crippen LogP contribution in [0.4, 0.5) is 19.0 Å². The Bertz CT molecular complexity index is 1290. The molecule has 0 unspecified atom stereocenters. The number of aliphatic hydroxyl groups excluding tert-OH is 1. The largest absolute Gasteiger partial charge is 0.473 e. The zero-order valence-electron chi connectivity index (χ0n) is 18.3. The van der Waals surface area contributed by atoms with Gasteiger partial charge in [-0.15, -0.1) is 0 Å². The third-order valence-electron chi connectivity index (χ3n) is 6.25. The van der Waals surface area contributed by atoms with Crippen LogP contribution in [-0.4, -0.2) is 33.3 Å². The summed E-state index contributed by atoms with van der Waals surface area (Å²) in [6.45, 7) is 2.79. The van der Waals surface area contributed by atoms with E-state index in [4.69, 9.17) is 9.47 Å². The van der Waals surface area contributed by atoms with Crippen molar-refractivity contribution in [1.29, 1.82) is 0 Å². The number of hydrogen-bond acceptors (Lipinski definition) is 6. The number of nitrogens with zero attached hydrogens (tertiary/aromatic N) is 3. The lowest BCUT2D eigenvalue weighted by Crippen LogP contribution is -2.45. The molecule has 0 amide bonds. The Hall–Kier alpha value is -3.53. The van der Waals surface area contributed by atoms with Gasteiger partial charge in [-0.1, -0.05) is 13.0 Å². The Morgan fingerprint density at radius 2 is 1.94 bits per heavy atom. The van der Waals surface area contributed by atoms with Gasteiger partial charge in [0.25, 0.3) is 0 Å². The van der Waals surface area contributed by atoms with Gasteiger partial charge < -0.3 is 19.5 Å². The molecule has 1 aromatic heterocycles. The fourth-order valence-electron chi connectivity index (χ4n) is 4.83. The first-order valence-corrected chi connectivity index (χ1v) is 10.8. The summed E-state index contributed by atoms with van der Waals surface area (Å²) >= 11 is 0. The number of fused-ring (bicyclic) bond motifs is 3. The van der Waals surface area contributed by atoms with Crippen LogP contribution in [0.15, 0.2) is 47.3 Å². The second-order valence-corrected chi connectivity index (χ2v) is 8.86. The summed E-state index contributed by atoms with van der Waals surface area (Å²) in [5.41, 5.74) is -0.891. The molecule has 10 heteroatoms. The van der Waals surface area contributed by atoms with E-state index in [2.05, 4.69) is 11.9 Å². The third-order valence-corrected chi connectivity index (χ3v) is 6.25. The summed E-state index contributed by atoms with van der Waals surface area (Å²) < 4.78 is 54.6. The van der Waals surface area contributed by atoms with E-state index in [0.717, 1.165) is 24.6 Å². The van der Waals surface area contributed by atoms with Crippen LogP contribution in [0.3, 0.4) is 0 Å². The number of aromatic nitrogens is 2. The number of aliphatic hydroxyl groups is 1. The van der Waals surface area contributed by atoms with Crippen LogP contribution in [0.25, 0.3) is 0 Å². The highest BCUT2D eigenvalue weighted by Gasteiger charge is 2.50. The maximum Gasteiger partial charge on any atom is 0.352 e. The molecule has 7 nitrogen and oxygen atoms in total. The van der Waals surface area contributed by atoms with E-state index >= 15 is 0 Å². The van der Waals surface area contributed by atoms with Crippen LogP contribution in [-0.2, 0) is 13.2 Å². The van der Waals surface area contributed by atoms with Crippen molar-refractivity contribution in [2.45, 2.75) is 32.0 Å². The van der Waals surface area contributed by atoms with Gasteiger partial charge in [0, 0.05) is 18.7 Å². The summed E-state index contributed by atoms with van der Waals surface area (Å²) in [4.78, 5) is 18.5. The van der Waals surface area contributed by atoms with Crippen molar-refractivity contribution in [1.82, 2.24) is 9.55 Å². The van der Waals surface area contributed by atoms with Gasteiger partial charge in [-0.05, 0) is 42.2 Å². The van der Waals surface area contributed by atoms with Crippen molar-refractivity contribution in [3.8, 4) is 17.4 Å². The van der Waals surface area contributed by atoms with Crippen LogP contribution in [0.1, 0.15) is 18.9 Å². The molecule has 0 radical (unpaired) electrons. The predicted molar refractivity (Wildman–Crippen MR) is 117 cm³/mol. The van der Waals surface area contributed by atoms with E-state index in [1.165, 1.54) is 22.8 Å². The van der Waals surface area contributed by atoms with Gasteiger partial charge in [-0.2, -0.15) is 4.98 Å². The average molecular weight is 473 g/mol. The summed E-state index contributed by atoms with van der Waals surface area (Å²) in [6, 6.07) is 8.62. The number of ether oxygens (including phenoxy) is 2. The first-order chi connectivity index (χ1) is 16.3. The van der Waals surface area contributed by atoms with Crippen molar-refractivity contribution in [3.05, 3.63) is 76.0 Å². The summed E-state index contributed by atoms with van der Waals surface area (Å²) in [7, 11) is 0. The Morgan fingerprint density at radius 1 is 1.18 bits per heavy atom. The first-order valence-electron chi connectivity index (χ1n) is 10.8. The van der Waals surface area contributed by atoms with Gasteiger partial charge in [0.1, 0.15) is 24.0 Å². The smallest absolute Gasteiger partial charge is 0.352 e. The van der Waals surface area contributed by atoms with Gasteiger partial charge in [0.2, 0.25) is 5.88 Å². The molecule has 178 valence electrons. The van der Waals surface area contributed by atoms with E-state index < -0.39 is 34.4 Å². The molecule has 0 saturated carbocycles. The highest BCUT2D eigenvalue weighted by molar-refractivity contribution is 5.51. The molecule has 2 atom stereocenters. The SMILES string of the molecule is C[C@H]1CN2c3cc(OCc4cc(F)c(Oc5cccc(F)c5)c(F)c4)nc(=O)n3C[C@@]2(CO)C1. The van der Waals surface area contributed by atoms with E-state index in [9.17, 15) is 23.1 Å². The summed E-state index contributed by atoms with van der Waals surface area (Å²) in [6.07, 6.45) is 0.753. The molecule has 1 saturated heterocycles. The lowest BCUT2D eigenvalue weighted by atomic mass is 9.94. The van der Waals surface area contributed by atoms with Crippen LogP contribution < -0.4 is 20.1 Å². The Labute approximate surface area is 193 Å². The third kappa shape index (κ3) is 3.87. The van der Waals surface area contributed by atoms with Crippen molar-refractivity contribution in [3.63, 3.8) is 0 Å². The number of hydrogen-bond donors (Lipinski definition) is 1. The first kappa shape index (κ1) is 22.3. The van der Waals surface area contributed by atoms with E-state index in [1.54, 1.807) is 6.07 Å². The molecule has 0 bridgehead atoms. The Kier molecular flexibility index (Phi) is 5.47.